The van der Waals surface area contributed by atoms with Crippen molar-refractivity contribution < 1.29 is 9.53 Å². The van der Waals surface area contributed by atoms with E-state index in [2.05, 4.69) is 5.32 Å². The summed E-state index contributed by atoms with van der Waals surface area (Å²) in [6.45, 7) is 5.33. The molecule has 0 aromatic carbocycles. The van der Waals surface area contributed by atoms with Gasteiger partial charge in [0.1, 0.15) is 0 Å². The number of amides is 1. The monoisotopic (exact) mass is 242 g/mol. The standard InChI is InChI=1S/C13H26N2O2/c1-3-17-10-6-8-13(16)15(2)11-12-7-4-5-9-14-12/h12,14H,3-11H2,1-2H3. The molecular weight excluding hydrogens is 216 g/mol. The van der Waals surface area contributed by atoms with Crippen molar-refractivity contribution in [1.29, 1.82) is 0 Å². The molecule has 0 aromatic heterocycles. The zero-order valence-corrected chi connectivity index (χ0v) is 11.2. The van der Waals surface area contributed by atoms with Crippen LogP contribution in [-0.4, -0.2) is 50.2 Å². The summed E-state index contributed by atoms with van der Waals surface area (Å²) in [4.78, 5) is 13.7. The molecule has 1 fully saturated rings. The summed E-state index contributed by atoms with van der Waals surface area (Å²) in [6, 6.07) is 0.490. The van der Waals surface area contributed by atoms with Crippen LogP contribution in [0.5, 0.6) is 0 Å². The Kier molecular flexibility index (Phi) is 7.21. The molecule has 1 saturated heterocycles. The molecule has 0 spiro atoms. The van der Waals surface area contributed by atoms with Crippen LogP contribution in [-0.2, 0) is 9.53 Å². The van der Waals surface area contributed by atoms with E-state index >= 15 is 0 Å². The van der Waals surface area contributed by atoms with Gasteiger partial charge in [0, 0.05) is 39.3 Å². The number of hydrogen-bond donors (Lipinski definition) is 1. The molecule has 1 unspecified atom stereocenters. The average molecular weight is 242 g/mol. The zero-order valence-electron chi connectivity index (χ0n) is 11.2. The van der Waals surface area contributed by atoms with Gasteiger partial charge in [0.25, 0.3) is 0 Å². The Labute approximate surface area is 105 Å². The van der Waals surface area contributed by atoms with Crippen molar-refractivity contribution in [2.24, 2.45) is 0 Å². The summed E-state index contributed by atoms with van der Waals surface area (Å²) in [5, 5.41) is 3.46. The van der Waals surface area contributed by atoms with Gasteiger partial charge >= 0.3 is 0 Å². The molecule has 0 saturated carbocycles. The molecule has 1 aliphatic heterocycles. The predicted molar refractivity (Wildman–Crippen MR) is 69.0 cm³/mol. The van der Waals surface area contributed by atoms with E-state index in [0.29, 0.717) is 19.1 Å². The maximum absolute atomic E-state index is 11.8. The van der Waals surface area contributed by atoms with Crippen molar-refractivity contribution in [2.45, 2.75) is 45.1 Å². The van der Waals surface area contributed by atoms with Crippen LogP contribution < -0.4 is 5.32 Å². The fourth-order valence-electron chi connectivity index (χ4n) is 2.17. The van der Waals surface area contributed by atoms with Crippen molar-refractivity contribution in [2.75, 3.05) is 33.4 Å². The fraction of sp³-hybridized carbons (Fsp3) is 0.923. The number of carbonyl (C=O) groups is 1. The van der Waals surface area contributed by atoms with Gasteiger partial charge in [0.15, 0.2) is 0 Å². The van der Waals surface area contributed by atoms with Crippen LogP contribution >= 0.6 is 0 Å². The van der Waals surface area contributed by atoms with E-state index in [4.69, 9.17) is 4.74 Å². The van der Waals surface area contributed by atoms with Gasteiger partial charge in [-0.15, -0.1) is 0 Å². The molecule has 0 bridgehead atoms. The summed E-state index contributed by atoms with van der Waals surface area (Å²) in [7, 11) is 1.90. The maximum Gasteiger partial charge on any atom is 0.222 e. The smallest absolute Gasteiger partial charge is 0.222 e. The second kappa shape index (κ2) is 8.48. The average Bonchev–Trinajstić information content (AvgIpc) is 2.35. The number of carbonyl (C=O) groups excluding carboxylic acids is 1. The number of rotatable bonds is 7. The number of piperidine rings is 1. The van der Waals surface area contributed by atoms with E-state index in [1.54, 1.807) is 0 Å². The topological polar surface area (TPSA) is 41.6 Å². The predicted octanol–water partition coefficient (Wildman–Crippen LogP) is 1.40. The first-order valence-electron chi connectivity index (χ1n) is 6.79. The first-order valence-corrected chi connectivity index (χ1v) is 6.79. The van der Waals surface area contributed by atoms with Crippen LogP contribution in [0.3, 0.4) is 0 Å². The molecule has 4 nitrogen and oxygen atoms in total. The Morgan fingerprint density at radius 1 is 1.47 bits per heavy atom. The number of nitrogens with zero attached hydrogens (tertiary/aromatic N) is 1. The molecule has 17 heavy (non-hydrogen) atoms. The van der Waals surface area contributed by atoms with Crippen molar-refractivity contribution in [3.05, 3.63) is 0 Å². The molecule has 1 rings (SSSR count). The lowest BCUT2D eigenvalue weighted by atomic mass is 10.0. The van der Waals surface area contributed by atoms with Crippen LogP contribution in [0.2, 0.25) is 0 Å². The molecule has 1 N–H and O–H groups in total. The molecule has 100 valence electrons. The quantitative estimate of drug-likeness (QED) is 0.686. The molecule has 1 heterocycles. The summed E-state index contributed by atoms with van der Waals surface area (Å²) in [5.74, 6) is 0.233. The number of ether oxygens (including phenoxy) is 1. The van der Waals surface area contributed by atoms with Crippen molar-refractivity contribution in [3.8, 4) is 0 Å². The van der Waals surface area contributed by atoms with Gasteiger partial charge in [-0.05, 0) is 32.7 Å². The largest absolute Gasteiger partial charge is 0.382 e. The van der Waals surface area contributed by atoms with Crippen LogP contribution in [0.25, 0.3) is 0 Å². The SMILES string of the molecule is CCOCCCC(=O)N(C)CC1CCCCN1. The fourth-order valence-corrected chi connectivity index (χ4v) is 2.17. The molecular formula is C13H26N2O2. The minimum Gasteiger partial charge on any atom is -0.382 e. The van der Waals surface area contributed by atoms with Crippen molar-refractivity contribution >= 4 is 5.91 Å². The third-order valence-corrected chi connectivity index (χ3v) is 3.22. The molecule has 1 atom stereocenters. The summed E-state index contributed by atoms with van der Waals surface area (Å²) in [6.07, 6.45) is 5.17. The Balaban J connectivity index is 2.12. The molecule has 1 aliphatic rings. The normalized spacial score (nSPS) is 20.2. The molecule has 0 aliphatic carbocycles. The van der Waals surface area contributed by atoms with Gasteiger partial charge < -0.3 is 15.0 Å². The molecule has 1 amide bonds. The Bertz CT molecular complexity index is 215. The first kappa shape index (κ1) is 14.5. The summed E-state index contributed by atoms with van der Waals surface area (Å²) in [5.41, 5.74) is 0. The van der Waals surface area contributed by atoms with Gasteiger partial charge in [-0.25, -0.2) is 0 Å². The Morgan fingerprint density at radius 3 is 2.94 bits per heavy atom. The highest BCUT2D eigenvalue weighted by Gasteiger charge is 2.17. The summed E-state index contributed by atoms with van der Waals surface area (Å²) < 4.78 is 5.23. The highest BCUT2D eigenvalue weighted by Crippen LogP contribution is 2.08. The maximum atomic E-state index is 11.8. The zero-order chi connectivity index (χ0) is 12.5. The Hall–Kier alpha value is -0.610. The van der Waals surface area contributed by atoms with Crippen LogP contribution in [0.4, 0.5) is 0 Å². The van der Waals surface area contributed by atoms with Gasteiger partial charge in [-0.3, -0.25) is 4.79 Å². The minimum absolute atomic E-state index is 0.233. The van der Waals surface area contributed by atoms with Crippen molar-refractivity contribution in [3.63, 3.8) is 0 Å². The van der Waals surface area contributed by atoms with Gasteiger partial charge in [-0.2, -0.15) is 0 Å². The second-order valence-corrected chi connectivity index (χ2v) is 4.72. The third-order valence-electron chi connectivity index (χ3n) is 3.22. The first-order chi connectivity index (χ1) is 8.24. The highest BCUT2D eigenvalue weighted by molar-refractivity contribution is 5.75. The van der Waals surface area contributed by atoms with Crippen LogP contribution in [0.15, 0.2) is 0 Å². The number of hydrogen-bond acceptors (Lipinski definition) is 3. The van der Waals surface area contributed by atoms with Gasteiger partial charge in [0.2, 0.25) is 5.91 Å². The lowest BCUT2D eigenvalue weighted by Gasteiger charge is -2.28. The number of nitrogens with one attached hydrogen (secondary N) is 1. The Morgan fingerprint density at radius 2 is 2.29 bits per heavy atom. The number of likely N-dealkylation sites (N-methyl/N-ethyl adjacent to an activating group) is 1. The van der Waals surface area contributed by atoms with Gasteiger partial charge in [-0.1, -0.05) is 6.42 Å². The minimum atomic E-state index is 0.233. The van der Waals surface area contributed by atoms with Crippen LogP contribution in [0, 0.1) is 0 Å². The van der Waals surface area contributed by atoms with E-state index in [0.717, 1.165) is 26.1 Å². The van der Waals surface area contributed by atoms with E-state index in [-0.39, 0.29) is 5.91 Å². The molecule has 0 radical (unpaired) electrons. The van der Waals surface area contributed by atoms with E-state index < -0.39 is 0 Å². The van der Waals surface area contributed by atoms with E-state index in [9.17, 15) is 4.79 Å². The van der Waals surface area contributed by atoms with Gasteiger partial charge in [0.05, 0.1) is 0 Å². The van der Waals surface area contributed by atoms with E-state index in [1.165, 1.54) is 19.3 Å². The van der Waals surface area contributed by atoms with E-state index in [1.807, 2.05) is 18.9 Å². The third kappa shape index (κ3) is 6.03. The lowest BCUT2D eigenvalue weighted by molar-refractivity contribution is -0.130. The molecule has 0 aromatic rings. The second-order valence-electron chi connectivity index (χ2n) is 4.72. The highest BCUT2D eigenvalue weighted by atomic mass is 16.5. The van der Waals surface area contributed by atoms with Crippen molar-refractivity contribution in [1.82, 2.24) is 10.2 Å². The molecule has 4 heteroatoms. The lowest BCUT2D eigenvalue weighted by Crippen LogP contribution is -2.44. The summed E-state index contributed by atoms with van der Waals surface area (Å²) >= 11 is 0. The van der Waals surface area contributed by atoms with Crippen LogP contribution in [0.1, 0.15) is 39.0 Å².